The lowest BCUT2D eigenvalue weighted by molar-refractivity contribution is -0.119. The van der Waals surface area contributed by atoms with Crippen molar-refractivity contribution >= 4 is 17.6 Å². The maximum atomic E-state index is 12.3. The van der Waals surface area contributed by atoms with E-state index in [4.69, 9.17) is 4.74 Å². The van der Waals surface area contributed by atoms with E-state index >= 15 is 0 Å². The molecule has 0 radical (unpaired) electrons. The largest absolute Gasteiger partial charge is 0.381 e. The monoisotopic (exact) mass is 388 g/mol. The number of amides is 1. The van der Waals surface area contributed by atoms with Gasteiger partial charge in [0.2, 0.25) is 5.91 Å². The molecule has 0 spiro atoms. The van der Waals surface area contributed by atoms with E-state index in [0.717, 1.165) is 69.1 Å². The molecule has 156 valence electrons. The lowest BCUT2D eigenvalue weighted by Gasteiger charge is -2.14. The van der Waals surface area contributed by atoms with Gasteiger partial charge in [-0.1, -0.05) is 38.8 Å². The van der Waals surface area contributed by atoms with Gasteiger partial charge in [-0.3, -0.25) is 9.79 Å². The fraction of sp³-hybridized carbons (Fsp3) is 0.636. The maximum absolute atomic E-state index is 12.3. The fourth-order valence-corrected chi connectivity index (χ4v) is 3.30. The van der Waals surface area contributed by atoms with Crippen molar-refractivity contribution in [1.82, 2.24) is 10.6 Å². The Balaban J connectivity index is 1.71. The molecule has 2 rings (SSSR count). The van der Waals surface area contributed by atoms with Crippen molar-refractivity contribution in [2.75, 3.05) is 32.1 Å². The van der Waals surface area contributed by atoms with Crippen LogP contribution in [-0.4, -0.2) is 38.7 Å². The number of guanidine groups is 1. The Kier molecular flexibility index (Phi) is 9.83. The molecule has 0 atom stereocenters. The molecule has 1 aromatic rings. The summed E-state index contributed by atoms with van der Waals surface area (Å²) in [6, 6.07) is 7.99. The van der Waals surface area contributed by atoms with Crippen LogP contribution in [0.3, 0.4) is 0 Å². The van der Waals surface area contributed by atoms with Crippen LogP contribution in [0.1, 0.15) is 51.5 Å². The van der Waals surface area contributed by atoms with Gasteiger partial charge in [-0.2, -0.15) is 0 Å². The molecule has 6 heteroatoms. The number of rotatable bonds is 10. The Morgan fingerprint density at radius 1 is 1.25 bits per heavy atom. The van der Waals surface area contributed by atoms with Crippen molar-refractivity contribution in [3.63, 3.8) is 0 Å². The van der Waals surface area contributed by atoms with Crippen LogP contribution in [0.2, 0.25) is 0 Å². The normalized spacial score (nSPS) is 15.1. The number of aliphatic imine (C=N–C) groups is 1. The maximum Gasteiger partial charge on any atom is 0.227 e. The summed E-state index contributed by atoms with van der Waals surface area (Å²) in [4.78, 5) is 16.6. The molecule has 1 aliphatic rings. The van der Waals surface area contributed by atoms with Gasteiger partial charge < -0.3 is 20.7 Å². The van der Waals surface area contributed by atoms with Gasteiger partial charge in [0.15, 0.2) is 5.96 Å². The van der Waals surface area contributed by atoms with E-state index in [1.54, 1.807) is 7.05 Å². The van der Waals surface area contributed by atoms with Gasteiger partial charge in [0.1, 0.15) is 0 Å². The molecule has 0 aliphatic heterocycles. The molecular weight excluding hydrogens is 352 g/mol. The van der Waals surface area contributed by atoms with Crippen LogP contribution in [0.4, 0.5) is 5.69 Å². The minimum Gasteiger partial charge on any atom is -0.381 e. The molecule has 0 heterocycles. The number of ether oxygens (including phenoxy) is 1. The molecule has 1 saturated carbocycles. The third-order valence-corrected chi connectivity index (χ3v) is 4.81. The Labute approximate surface area is 169 Å². The molecule has 6 nitrogen and oxygen atoms in total. The predicted octanol–water partition coefficient (Wildman–Crippen LogP) is 3.54. The number of hydrogen-bond acceptors (Lipinski definition) is 3. The smallest absolute Gasteiger partial charge is 0.227 e. The van der Waals surface area contributed by atoms with Crippen molar-refractivity contribution in [3.8, 4) is 0 Å². The highest BCUT2D eigenvalue weighted by atomic mass is 16.5. The Hall–Kier alpha value is -2.08. The molecular formula is C22H36N4O2. The first-order valence-corrected chi connectivity index (χ1v) is 10.5. The number of hydrogen-bond donors (Lipinski definition) is 3. The van der Waals surface area contributed by atoms with Crippen molar-refractivity contribution < 1.29 is 9.53 Å². The second-order valence-electron chi connectivity index (χ2n) is 7.85. The summed E-state index contributed by atoms with van der Waals surface area (Å²) in [6.45, 7) is 7.33. The van der Waals surface area contributed by atoms with Crippen molar-refractivity contribution in [2.24, 2.45) is 16.8 Å². The van der Waals surface area contributed by atoms with Gasteiger partial charge in [-0.05, 0) is 42.9 Å². The van der Waals surface area contributed by atoms with Gasteiger partial charge >= 0.3 is 0 Å². The second-order valence-corrected chi connectivity index (χ2v) is 7.85. The van der Waals surface area contributed by atoms with Gasteiger partial charge in [0.05, 0.1) is 0 Å². The molecule has 1 aliphatic carbocycles. The van der Waals surface area contributed by atoms with Crippen LogP contribution in [-0.2, 0) is 16.1 Å². The number of carbonyl (C=O) groups excluding carboxylic acids is 1. The topological polar surface area (TPSA) is 74.8 Å². The zero-order valence-corrected chi connectivity index (χ0v) is 17.6. The van der Waals surface area contributed by atoms with Gasteiger partial charge in [-0.25, -0.2) is 0 Å². The minimum absolute atomic E-state index is 0.153. The van der Waals surface area contributed by atoms with E-state index in [1.807, 2.05) is 24.3 Å². The molecule has 0 unspecified atom stereocenters. The van der Waals surface area contributed by atoms with E-state index in [1.165, 1.54) is 0 Å². The third-order valence-electron chi connectivity index (χ3n) is 4.81. The quantitative estimate of drug-likeness (QED) is 0.326. The summed E-state index contributed by atoms with van der Waals surface area (Å²) in [7, 11) is 1.77. The first-order valence-electron chi connectivity index (χ1n) is 10.5. The Bertz CT molecular complexity index is 625. The highest BCUT2D eigenvalue weighted by Gasteiger charge is 2.22. The SMILES string of the molecule is CN=C(NCCCOCC(C)C)NCc1cccc(NC(=O)C2CCCC2)c1. The number of nitrogens with one attached hydrogen (secondary N) is 3. The highest BCUT2D eigenvalue weighted by Crippen LogP contribution is 2.26. The van der Waals surface area contributed by atoms with Crippen LogP contribution in [0.5, 0.6) is 0 Å². The molecule has 1 amide bonds. The van der Waals surface area contributed by atoms with Crippen LogP contribution < -0.4 is 16.0 Å². The molecule has 0 aromatic heterocycles. The number of nitrogens with zero attached hydrogens (tertiary/aromatic N) is 1. The highest BCUT2D eigenvalue weighted by molar-refractivity contribution is 5.92. The van der Waals surface area contributed by atoms with Gasteiger partial charge in [0, 0.05) is 45.0 Å². The average molecular weight is 389 g/mol. The fourth-order valence-electron chi connectivity index (χ4n) is 3.30. The van der Waals surface area contributed by atoms with E-state index in [0.29, 0.717) is 12.5 Å². The molecule has 1 aromatic carbocycles. The number of anilines is 1. The van der Waals surface area contributed by atoms with Crippen molar-refractivity contribution in [3.05, 3.63) is 29.8 Å². The average Bonchev–Trinajstić information content (AvgIpc) is 3.22. The second kappa shape index (κ2) is 12.4. The molecule has 1 fully saturated rings. The predicted molar refractivity (Wildman–Crippen MR) is 116 cm³/mol. The van der Waals surface area contributed by atoms with Gasteiger partial charge in [0.25, 0.3) is 0 Å². The lowest BCUT2D eigenvalue weighted by Crippen LogP contribution is -2.37. The minimum atomic E-state index is 0.153. The van der Waals surface area contributed by atoms with E-state index in [2.05, 4.69) is 34.8 Å². The van der Waals surface area contributed by atoms with Gasteiger partial charge in [-0.15, -0.1) is 0 Å². The summed E-state index contributed by atoms with van der Waals surface area (Å²) in [6.07, 6.45) is 5.29. The van der Waals surface area contributed by atoms with Crippen molar-refractivity contribution in [2.45, 2.75) is 52.5 Å². The van der Waals surface area contributed by atoms with E-state index < -0.39 is 0 Å². The number of benzene rings is 1. The zero-order valence-electron chi connectivity index (χ0n) is 17.6. The zero-order chi connectivity index (χ0) is 20.2. The van der Waals surface area contributed by atoms with Crippen LogP contribution in [0.25, 0.3) is 0 Å². The van der Waals surface area contributed by atoms with Crippen LogP contribution in [0, 0.1) is 11.8 Å². The molecule has 0 bridgehead atoms. The summed E-state index contributed by atoms with van der Waals surface area (Å²) >= 11 is 0. The first-order chi connectivity index (χ1) is 13.6. The molecule has 3 N–H and O–H groups in total. The van der Waals surface area contributed by atoms with E-state index in [9.17, 15) is 4.79 Å². The van der Waals surface area contributed by atoms with E-state index in [-0.39, 0.29) is 11.8 Å². The lowest BCUT2D eigenvalue weighted by atomic mass is 10.1. The summed E-state index contributed by atoms with van der Waals surface area (Å²) in [5, 5.41) is 9.68. The number of carbonyl (C=O) groups is 1. The summed E-state index contributed by atoms with van der Waals surface area (Å²) < 4.78 is 5.59. The van der Waals surface area contributed by atoms with Crippen molar-refractivity contribution in [1.29, 1.82) is 0 Å². The Morgan fingerprint density at radius 3 is 2.75 bits per heavy atom. The first kappa shape index (κ1) is 22.2. The summed E-state index contributed by atoms with van der Waals surface area (Å²) in [5.41, 5.74) is 1.97. The standard InChI is InChI=1S/C22H36N4O2/c1-17(2)16-28-13-7-12-24-22(23-3)25-15-18-8-6-11-20(14-18)26-21(27)19-9-4-5-10-19/h6,8,11,14,17,19H,4-5,7,9-10,12-13,15-16H2,1-3H3,(H,26,27)(H2,23,24,25). The van der Waals surface area contributed by atoms with Crippen LogP contribution >= 0.6 is 0 Å². The van der Waals surface area contributed by atoms with Crippen LogP contribution in [0.15, 0.2) is 29.3 Å². The Morgan fingerprint density at radius 2 is 2.04 bits per heavy atom. The molecule has 0 saturated heterocycles. The summed E-state index contributed by atoms with van der Waals surface area (Å²) in [5.74, 6) is 1.67. The third kappa shape index (κ3) is 8.30. The molecule has 28 heavy (non-hydrogen) atoms.